The summed E-state index contributed by atoms with van der Waals surface area (Å²) in [6.07, 6.45) is 3.11. The number of hydrogen-bond donors (Lipinski definition) is 2. The second kappa shape index (κ2) is 8.15. The van der Waals surface area contributed by atoms with Crippen LogP contribution in [-0.4, -0.2) is 41.7 Å². The van der Waals surface area contributed by atoms with Gasteiger partial charge in [-0.05, 0) is 32.9 Å². The maximum Gasteiger partial charge on any atom is 0.0768 e. The highest BCUT2D eigenvalue weighted by atomic mass is 32.1. The molecular formula is C10H22N2OS. The van der Waals surface area contributed by atoms with Crippen molar-refractivity contribution < 1.29 is 5.11 Å². The number of aliphatic hydroxyl groups is 1. The van der Waals surface area contributed by atoms with Gasteiger partial charge in [0.2, 0.25) is 0 Å². The van der Waals surface area contributed by atoms with Crippen molar-refractivity contribution in [2.75, 3.05) is 26.7 Å². The van der Waals surface area contributed by atoms with Crippen LogP contribution in [0.4, 0.5) is 0 Å². The zero-order chi connectivity index (χ0) is 11.0. The molecule has 1 unspecified atom stereocenters. The molecule has 0 bridgehead atoms. The standard InChI is InChI=1S/C10H22N2OS/c1-9(10(11)14)8-12(2)6-4-3-5-7-13/h9,13H,3-8H2,1-2H3,(H2,11,14). The minimum Gasteiger partial charge on any atom is -0.396 e. The average Bonchev–Trinajstić information content (AvgIpc) is 2.12. The van der Waals surface area contributed by atoms with E-state index in [2.05, 4.69) is 11.9 Å². The Kier molecular flexibility index (Phi) is 8.04. The first kappa shape index (κ1) is 13.8. The van der Waals surface area contributed by atoms with Crippen LogP contribution in [0, 0.1) is 5.92 Å². The van der Waals surface area contributed by atoms with Gasteiger partial charge in [0.15, 0.2) is 0 Å². The zero-order valence-electron chi connectivity index (χ0n) is 9.20. The summed E-state index contributed by atoms with van der Waals surface area (Å²) in [7, 11) is 2.08. The van der Waals surface area contributed by atoms with Crippen LogP contribution in [0.15, 0.2) is 0 Å². The molecule has 0 aliphatic heterocycles. The van der Waals surface area contributed by atoms with Crippen LogP contribution in [-0.2, 0) is 0 Å². The molecule has 0 rings (SSSR count). The van der Waals surface area contributed by atoms with Gasteiger partial charge in [-0.3, -0.25) is 0 Å². The van der Waals surface area contributed by atoms with Crippen molar-refractivity contribution in [1.82, 2.24) is 4.90 Å². The van der Waals surface area contributed by atoms with Crippen LogP contribution >= 0.6 is 12.2 Å². The monoisotopic (exact) mass is 218 g/mol. The number of rotatable bonds is 8. The highest BCUT2D eigenvalue weighted by molar-refractivity contribution is 7.80. The number of nitrogens with two attached hydrogens (primary N) is 1. The minimum atomic E-state index is 0.285. The molecule has 0 spiro atoms. The summed E-state index contributed by atoms with van der Waals surface area (Å²) in [4.78, 5) is 2.83. The summed E-state index contributed by atoms with van der Waals surface area (Å²) in [5, 5.41) is 8.60. The van der Waals surface area contributed by atoms with E-state index in [-0.39, 0.29) is 5.92 Å². The molecule has 0 aromatic heterocycles. The van der Waals surface area contributed by atoms with E-state index < -0.39 is 0 Å². The number of aliphatic hydroxyl groups excluding tert-OH is 1. The summed E-state index contributed by atoms with van der Waals surface area (Å²) in [5.41, 5.74) is 5.53. The van der Waals surface area contributed by atoms with Crippen LogP contribution < -0.4 is 5.73 Å². The van der Waals surface area contributed by atoms with Gasteiger partial charge in [-0.2, -0.15) is 0 Å². The molecule has 1 atom stereocenters. The first-order valence-corrected chi connectivity index (χ1v) is 5.57. The molecule has 0 heterocycles. The van der Waals surface area contributed by atoms with Gasteiger partial charge in [0.05, 0.1) is 4.99 Å². The fraction of sp³-hybridized carbons (Fsp3) is 0.900. The van der Waals surface area contributed by atoms with Crippen molar-refractivity contribution >= 4 is 17.2 Å². The van der Waals surface area contributed by atoms with E-state index in [9.17, 15) is 0 Å². The molecule has 0 radical (unpaired) electrons. The van der Waals surface area contributed by atoms with Gasteiger partial charge in [0.25, 0.3) is 0 Å². The first-order valence-electron chi connectivity index (χ1n) is 5.16. The smallest absolute Gasteiger partial charge is 0.0768 e. The Morgan fingerprint density at radius 1 is 1.43 bits per heavy atom. The van der Waals surface area contributed by atoms with E-state index in [1.54, 1.807) is 0 Å². The van der Waals surface area contributed by atoms with Crippen molar-refractivity contribution in [1.29, 1.82) is 0 Å². The van der Waals surface area contributed by atoms with E-state index in [0.717, 1.165) is 32.4 Å². The summed E-state index contributed by atoms with van der Waals surface area (Å²) in [6.45, 7) is 4.32. The van der Waals surface area contributed by atoms with Gasteiger partial charge in [-0.25, -0.2) is 0 Å². The fourth-order valence-electron chi connectivity index (χ4n) is 1.32. The molecule has 0 amide bonds. The minimum absolute atomic E-state index is 0.285. The van der Waals surface area contributed by atoms with Crippen molar-refractivity contribution in [2.45, 2.75) is 26.2 Å². The average molecular weight is 218 g/mol. The van der Waals surface area contributed by atoms with Gasteiger partial charge >= 0.3 is 0 Å². The van der Waals surface area contributed by atoms with Crippen molar-refractivity contribution in [2.24, 2.45) is 11.7 Å². The van der Waals surface area contributed by atoms with Gasteiger partial charge in [-0.1, -0.05) is 19.1 Å². The largest absolute Gasteiger partial charge is 0.396 e. The van der Waals surface area contributed by atoms with E-state index >= 15 is 0 Å². The molecule has 84 valence electrons. The third-order valence-corrected chi connectivity index (χ3v) is 2.67. The molecule has 4 heteroatoms. The molecule has 0 aromatic rings. The molecule has 14 heavy (non-hydrogen) atoms. The lowest BCUT2D eigenvalue weighted by molar-refractivity contribution is 0.269. The summed E-state index contributed by atoms with van der Waals surface area (Å²) in [6, 6.07) is 0. The van der Waals surface area contributed by atoms with E-state index in [0.29, 0.717) is 11.6 Å². The Hall–Kier alpha value is -0.190. The van der Waals surface area contributed by atoms with E-state index in [4.69, 9.17) is 23.1 Å². The van der Waals surface area contributed by atoms with Crippen LogP contribution in [0.3, 0.4) is 0 Å². The molecule has 3 N–H and O–H groups in total. The van der Waals surface area contributed by atoms with Gasteiger partial charge in [-0.15, -0.1) is 0 Å². The first-order chi connectivity index (χ1) is 6.57. The summed E-state index contributed by atoms with van der Waals surface area (Å²) < 4.78 is 0. The normalized spacial score (nSPS) is 13.1. The molecular weight excluding hydrogens is 196 g/mol. The number of unbranched alkanes of at least 4 members (excludes halogenated alkanes) is 2. The maximum absolute atomic E-state index is 8.60. The van der Waals surface area contributed by atoms with Crippen LogP contribution in [0.25, 0.3) is 0 Å². The lowest BCUT2D eigenvalue weighted by Crippen LogP contribution is -2.32. The molecule has 0 saturated heterocycles. The molecule has 0 fully saturated rings. The molecule has 0 aliphatic carbocycles. The summed E-state index contributed by atoms with van der Waals surface area (Å²) in [5.74, 6) is 0.285. The summed E-state index contributed by atoms with van der Waals surface area (Å²) >= 11 is 4.91. The van der Waals surface area contributed by atoms with E-state index in [1.165, 1.54) is 0 Å². The van der Waals surface area contributed by atoms with Gasteiger partial charge in [0, 0.05) is 19.1 Å². The lowest BCUT2D eigenvalue weighted by atomic mass is 10.1. The number of nitrogens with zero attached hydrogens (tertiary/aromatic N) is 1. The van der Waals surface area contributed by atoms with Crippen LogP contribution in [0.2, 0.25) is 0 Å². The molecule has 3 nitrogen and oxygen atoms in total. The molecule has 0 saturated carbocycles. The maximum atomic E-state index is 8.60. The predicted octanol–water partition coefficient (Wildman–Crippen LogP) is 1.00. The number of hydrogen-bond acceptors (Lipinski definition) is 3. The topological polar surface area (TPSA) is 49.5 Å². The Balaban J connectivity index is 3.45. The Morgan fingerprint density at radius 2 is 2.07 bits per heavy atom. The van der Waals surface area contributed by atoms with Crippen LogP contribution in [0.1, 0.15) is 26.2 Å². The quantitative estimate of drug-likeness (QED) is 0.471. The third-order valence-electron chi connectivity index (χ3n) is 2.27. The fourth-order valence-corrected chi connectivity index (χ4v) is 1.39. The van der Waals surface area contributed by atoms with Crippen molar-refractivity contribution in [3.8, 4) is 0 Å². The van der Waals surface area contributed by atoms with Gasteiger partial charge < -0.3 is 15.7 Å². The van der Waals surface area contributed by atoms with Gasteiger partial charge in [0.1, 0.15) is 0 Å². The second-order valence-corrected chi connectivity index (χ2v) is 4.32. The Morgan fingerprint density at radius 3 is 2.57 bits per heavy atom. The highest BCUT2D eigenvalue weighted by Crippen LogP contribution is 2.01. The highest BCUT2D eigenvalue weighted by Gasteiger charge is 2.07. The Bertz CT molecular complexity index is 164. The second-order valence-electron chi connectivity index (χ2n) is 3.85. The lowest BCUT2D eigenvalue weighted by Gasteiger charge is -2.20. The Labute approximate surface area is 92.3 Å². The SMILES string of the molecule is CC(CN(C)CCCCCO)C(N)=S. The van der Waals surface area contributed by atoms with Crippen LogP contribution in [0.5, 0.6) is 0 Å². The van der Waals surface area contributed by atoms with E-state index in [1.807, 2.05) is 6.92 Å². The molecule has 0 aromatic carbocycles. The number of thiocarbonyl (C=S) groups is 1. The molecule has 0 aliphatic rings. The predicted molar refractivity (Wildman–Crippen MR) is 64.4 cm³/mol. The zero-order valence-corrected chi connectivity index (χ0v) is 10.0. The van der Waals surface area contributed by atoms with Crippen molar-refractivity contribution in [3.63, 3.8) is 0 Å². The third kappa shape index (κ3) is 7.24. The van der Waals surface area contributed by atoms with Crippen molar-refractivity contribution in [3.05, 3.63) is 0 Å².